The van der Waals surface area contributed by atoms with Gasteiger partial charge in [-0.2, -0.15) is 0 Å². The van der Waals surface area contributed by atoms with Gasteiger partial charge in [0.15, 0.2) is 5.78 Å². The Morgan fingerprint density at radius 1 is 1.50 bits per heavy atom. The fourth-order valence-corrected chi connectivity index (χ4v) is 1.73. The minimum atomic E-state index is -0.329. The molecular weight excluding hydrogens is 156 g/mol. The van der Waals surface area contributed by atoms with Gasteiger partial charge in [0.2, 0.25) is 0 Å². The quantitative estimate of drug-likeness (QED) is 0.542. The molecule has 0 aromatic carbocycles. The average Bonchev–Trinajstić information content (AvgIpc) is 2.05. The lowest BCUT2D eigenvalue weighted by molar-refractivity contribution is -0.134. The summed E-state index contributed by atoms with van der Waals surface area (Å²) in [4.78, 5) is 11.1. The SMILES string of the molecule is O=C1C=COC2(CCCOC2)C1. The fourth-order valence-electron chi connectivity index (χ4n) is 1.73. The summed E-state index contributed by atoms with van der Waals surface area (Å²) in [6.45, 7) is 1.35. The second kappa shape index (κ2) is 2.90. The molecule has 0 aromatic rings. The van der Waals surface area contributed by atoms with E-state index in [4.69, 9.17) is 9.47 Å². The van der Waals surface area contributed by atoms with Crippen LogP contribution in [0, 0.1) is 0 Å². The van der Waals surface area contributed by atoms with Gasteiger partial charge in [-0.25, -0.2) is 0 Å². The van der Waals surface area contributed by atoms with Crippen LogP contribution in [-0.4, -0.2) is 24.6 Å². The van der Waals surface area contributed by atoms with Crippen LogP contribution in [0.4, 0.5) is 0 Å². The van der Waals surface area contributed by atoms with Gasteiger partial charge in [-0.1, -0.05) is 0 Å². The molecule has 2 rings (SSSR count). The van der Waals surface area contributed by atoms with Crippen molar-refractivity contribution >= 4 is 5.78 Å². The van der Waals surface area contributed by atoms with E-state index < -0.39 is 0 Å². The molecule has 3 heteroatoms. The third-order valence-corrected chi connectivity index (χ3v) is 2.35. The van der Waals surface area contributed by atoms with Gasteiger partial charge < -0.3 is 9.47 Å². The van der Waals surface area contributed by atoms with Crippen molar-refractivity contribution in [3.8, 4) is 0 Å². The number of carbonyl (C=O) groups excluding carboxylic acids is 1. The van der Waals surface area contributed by atoms with Crippen LogP contribution in [0.5, 0.6) is 0 Å². The number of hydrogen-bond acceptors (Lipinski definition) is 3. The molecule has 2 heterocycles. The van der Waals surface area contributed by atoms with Gasteiger partial charge in [0.1, 0.15) is 5.60 Å². The van der Waals surface area contributed by atoms with E-state index in [0.717, 1.165) is 19.4 Å². The van der Waals surface area contributed by atoms with Crippen LogP contribution in [0.3, 0.4) is 0 Å². The van der Waals surface area contributed by atoms with Crippen LogP contribution in [0.1, 0.15) is 19.3 Å². The van der Waals surface area contributed by atoms with Crippen molar-refractivity contribution in [2.24, 2.45) is 0 Å². The summed E-state index contributed by atoms with van der Waals surface area (Å²) in [6, 6.07) is 0. The normalized spacial score (nSPS) is 35.2. The molecule has 1 fully saturated rings. The largest absolute Gasteiger partial charge is 0.492 e. The van der Waals surface area contributed by atoms with Gasteiger partial charge in [-0.15, -0.1) is 0 Å². The summed E-state index contributed by atoms with van der Waals surface area (Å²) in [5.41, 5.74) is -0.329. The Hall–Kier alpha value is -0.830. The Morgan fingerprint density at radius 2 is 2.42 bits per heavy atom. The highest BCUT2D eigenvalue weighted by atomic mass is 16.5. The highest BCUT2D eigenvalue weighted by molar-refractivity contribution is 5.90. The maximum atomic E-state index is 11.1. The zero-order valence-corrected chi connectivity index (χ0v) is 6.91. The van der Waals surface area contributed by atoms with Crippen molar-refractivity contribution < 1.29 is 14.3 Å². The van der Waals surface area contributed by atoms with Gasteiger partial charge in [-0.05, 0) is 12.8 Å². The molecule has 0 bridgehead atoms. The minimum Gasteiger partial charge on any atom is -0.492 e. The molecule has 0 saturated carbocycles. The maximum Gasteiger partial charge on any atom is 0.162 e. The van der Waals surface area contributed by atoms with Gasteiger partial charge in [0, 0.05) is 12.7 Å². The Bertz CT molecular complexity index is 214. The molecule has 1 unspecified atom stereocenters. The first-order chi connectivity index (χ1) is 5.81. The standard InChI is InChI=1S/C9H12O3/c10-8-2-5-12-9(6-8)3-1-4-11-7-9/h2,5H,1,3-4,6-7H2. The van der Waals surface area contributed by atoms with Gasteiger partial charge in [0.05, 0.1) is 19.3 Å². The Balaban J connectivity index is 2.09. The van der Waals surface area contributed by atoms with Crippen LogP contribution in [-0.2, 0) is 14.3 Å². The molecule has 0 radical (unpaired) electrons. The lowest BCUT2D eigenvalue weighted by Crippen LogP contribution is -2.43. The number of ketones is 1. The highest BCUT2D eigenvalue weighted by Crippen LogP contribution is 2.30. The van der Waals surface area contributed by atoms with Crippen molar-refractivity contribution in [2.75, 3.05) is 13.2 Å². The first kappa shape index (κ1) is 7.80. The van der Waals surface area contributed by atoms with Gasteiger partial charge >= 0.3 is 0 Å². The molecule has 0 aromatic heterocycles. The predicted molar refractivity (Wildman–Crippen MR) is 42.6 cm³/mol. The van der Waals surface area contributed by atoms with E-state index in [0.29, 0.717) is 13.0 Å². The molecule has 0 aliphatic carbocycles. The third kappa shape index (κ3) is 1.37. The van der Waals surface area contributed by atoms with E-state index in [1.807, 2.05) is 0 Å². The Kier molecular flexibility index (Phi) is 1.89. The Labute approximate surface area is 71.3 Å². The number of carbonyl (C=O) groups is 1. The monoisotopic (exact) mass is 168 g/mol. The first-order valence-corrected chi connectivity index (χ1v) is 4.26. The molecule has 2 aliphatic heterocycles. The lowest BCUT2D eigenvalue weighted by atomic mass is 9.89. The number of rotatable bonds is 0. The van der Waals surface area contributed by atoms with Crippen LogP contribution < -0.4 is 0 Å². The molecule has 1 saturated heterocycles. The second-order valence-corrected chi connectivity index (χ2v) is 3.40. The van der Waals surface area contributed by atoms with Crippen molar-refractivity contribution in [2.45, 2.75) is 24.9 Å². The molecule has 66 valence electrons. The number of hydrogen-bond donors (Lipinski definition) is 0. The lowest BCUT2D eigenvalue weighted by Gasteiger charge is -2.37. The van der Waals surface area contributed by atoms with E-state index in [-0.39, 0.29) is 11.4 Å². The van der Waals surface area contributed by atoms with Crippen molar-refractivity contribution in [1.82, 2.24) is 0 Å². The van der Waals surface area contributed by atoms with Crippen molar-refractivity contribution in [1.29, 1.82) is 0 Å². The van der Waals surface area contributed by atoms with Gasteiger partial charge in [-0.3, -0.25) is 4.79 Å². The van der Waals surface area contributed by atoms with E-state index in [9.17, 15) is 4.79 Å². The van der Waals surface area contributed by atoms with Crippen LogP contribution >= 0.6 is 0 Å². The fraction of sp³-hybridized carbons (Fsp3) is 0.667. The van der Waals surface area contributed by atoms with Gasteiger partial charge in [0.25, 0.3) is 0 Å². The van der Waals surface area contributed by atoms with Crippen LogP contribution in [0.15, 0.2) is 12.3 Å². The summed E-state index contributed by atoms with van der Waals surface area (Å²) in [5.74, 6) is 0.145. The van der Waals surface area contributed by atoms with E-state index in [1.54, 1.807) is 0 Å². The van der Waals surface area contributed by atoms with E-state index in [2.05, 4.69) is 0 Å². The van der Waals surface area contributed by atoms with E-state index in [1.165, 1.54) is 12.3 Å². The first-order valence-electron chi connectivity index (χ1n) is 4.26. The molecule has 1 atom stereocenters. The zero-order chi connectivity index (χ0) is 8.44. The summed E-state index contributed by atoms with van der Waals surface area (Å²) < 4.78 is 10.8. The minimum absolute atomic E-state index is 0.145. The summed E-state index contributed by atoms with van der Waals surface area (Å²) in [7, 11) is 0. The zero-order valence-electron chi connectivity index (χ0n) is 6.91. The number of allylic oxidation sites excluding steroid dienone is 1. The summed E-state index contributed by atoms with van der Waals surface area (Å²) in [6.07, 6.45) is 5.38. The highest BCUT2D eigenvalue weighted by Gasteiger charge is 2.37. The maximum absolute atomic E-state index is 11.1. The smallest absolute Gasteiger partial charge is 0.162 e. The topological polar surface area (TPSA) is 35.5 Å². The summed E-state index contributed by atoms with van der Waals surface area (Å²) in [5, 5.41) is 0. The number of ether oxygens (including phenoxy) is 2. The molecule has 3 nitrogen and oxygen atoms in total. The Morgan fingerprint density at radius 3 is 3.08 bits per heavy atom. The second-order valence-electron chi connectivity index (χ2n) is 3.40. The van der Waals surface area contributed by atoms with Crippen molar-refractivity contribution in [3.63, 3.8) is 0 Å². The molecule has 0 amide bonds. The average molecular weight is 168 g/mol. The third-order valence-electron chi connectivity index (χ3n) is 2.35. The van der Waals surface area contributed by atoms with Crippen molar-refractivity contribution in [3.05, 3.63) is 12.3 Å². The molecule has 2 aliphatic rings. The molecule has 12 heavy (non-hydrogen) atoms. The molecule has 0 N–H and O–H groups in total. The van der Waals surface area contributed by atoms with E-state index >= 15 is 0 Å². The molecular formula is C9H12O3. The summed E-state index contributed by atoms with van der Waals surface area (Å²) >= 11 is 0. The molecule has 1 spiro atoms. The predicted octanol–water partition coefficient (Wildman–Crippen LogP) is 1.04. The van der Waals surface area contributed by atoms with Crippen LogP contribution in [0.25, 0.3) is 0 Å². The van der Waals surface area contributed by atoms with Crippen LogP contribution in [0.2, 0.25) is 0 Å².